The molecule has 0 spiro atoms. The van der Waals surface area contributed by atoms with E-state index in [-0.39, 0.29) is 12.6 Å². The molecule has 0 aliphatic heterocycles. The average Bonchev–Trinajstić information content (AvgIpc) is 2.85. The number of nitrogens with zero attached hydrogens (tertiary/aromatic N) is 2. The van der Waals surface area contributed by atoms with E-state index < -0.39 is 0 Å². The average molecular weight is 245 g/mol. The van der Waals surface area contributed by atoms with E-state index in [0.717, 1.165) is 12.1 Å². The number of nitrogen functional groups attached to an aromatic ring is 1. The summed E-state index contributed by atoms with van der Waals surface area (Å²) in [5.74, 6) is -0.362. The van der Waals surface area contributed by atoms with E-state index in [2.05, 4.69) is 5.10 Å². The van der Waals surface area contributed by atoms with Crippen molar-refractivity contribution >= 4 is 11.7 Å². The van der Waals surface area contributed by atoms with Crippen molar-refractivity contribution in [2.45, 2.75) is 20.1 Å². The van der Waals surface area contributed by atoms with Gasteiger partial charge in [0, 0.05) is 24.0 Å². The quantitative estimate of drug-likeness (QED) is 0.659. The Kier molecular flexibility index (Phi) is 3.62. The van der Waals surface area contributed by atoms with Crippen molar-refractivity contribution in [1.29, 1.82) is 0 Å². The summed E-state index contributed by atoms with van der Waals surface area (Å²) in [6.07, 6.45) is 3.55. The van der Waals surface area contributed by atoms with Gasteiger partial charge in [0.25, 0.3) is 0 Å². The van der Waals surface area contributed by atoms with Crippen LogP contribution in [0.25, 0.3) is 0 Å². The van der Waals surface area contributed by atoms with E-state index in [1.807, 2.05) is 13.1 Å². The maximum absolute atomic E-state index is 11.7. The third-order valence-corrected chi connectivity index (χ3v) is 2.53. The lowest BCUT2D eigenvalue weighted by Gasteiger charge is -2.03. The normalized spacial score (nSPS) is 10.3. The molecule has 0 atom stereocenters. The Balaban J connectivity index is 1.93. The first kappa shape index (κ1) is 12.2. The van der Waals surface area contributed by atoms with Crippen LogP contribution in [0.2, 0.25) is 0 Å². The van der Waals surface area contributed by atoms with Crippen LogP contribution in [0.4, 0.5) is 5.69 Å². The molecule has 0 aliphatic carbocycles. The molecule has 18 heavy (non-hydrogen) atoms. The highest BCUT2D eigenvalue weighted by Gasteiger charge is 2.07. The van der Waals surface area contributed by atoms with Crippen LogP contribution in [0.1, 0.15) is 22.8 Å². The standard InChI is InChI=1S/C13H15N3O2/c1-2-16-8-10(7-15-16)9-18-13(17)11-3-5-12(14)6-4-11/h3-8H,2,9,14H2,1H3. The van der Waals surface area contributed by atoms with Gasteiger partial charge in [-0.1, -0.05) is 0 Å². The highest BCUT2D eigenvalue weighted by Crippen LogP contribution is 2.08. The second-order valence-electron chi connectivity index (χ2n) is 3.90. The van der Waals surface area contributed by atoms with Crippen molar-refractivity contribution < 1.29 is 9.53 Å². The minimum atomic E-state index is -0.362. The van der Waals surface area contributed by atoms with Crippen molar-refractivity contribution in [3.63, 3.8) is 0 Å². The summed E-state index contributed by atoms with van der Waals surface area (Å²) >= 11 is 0. The van der Waals surface area contributed by atoms with E-state index in [4.69, 9.17) is 10.5 Å². The van der Waals surface area contributed by atoms with Crippen molar-refractivity contribution in [2.75, 3.05) is 5.73 Å². The SMILES string of the molecule is CCn1cc(COC(=O)c2ccc(N)cc2)cn1. The molecule has 1 aromatic carbocycles. The summed E-state index contributed by atoms with van der Waals surface area (Å²) in [5.41, 5.74) is 7.54. The van der Waals surface area contributed by atoms with Crippen LogP contribution < -0.4 is 5.73 Å². The first-order valence-electron chi connectivity index (χ1n) is 5.73. The smallest absolute Gasteiger partial charge is 0.338 e. The maximum atomic E-state index is 11.7. The molecule has 0 saturated heterocycles. The summed E-state index contributed by atoms with van der Waals surface area (Å²) in [5, 5.41) is 4.11. The van der Waals surface area contributed by atoms with Gasteiger partial charge in [0.15, 0.2) is 0 Å². The number of hydrogen-bond donors (Lipinski definition) is 1. The Hall–Kier alpha value is -2.30. The molecule has 0 fully saturated rings. The third-order valence-electron chi connectivity index (χ3n) is 2.53. The number of carbonyl (C=O) groups is 1. The van der Waals surface area contributed by atoms with Gasteiger partial charge in [-0.25, -0.2) is 4.79 Å². The highest BCUT2D eigenvalue weighted by molar-refractivity contribution is 5.89. The number of hydrogen-bond acceptors (Lipinski definition) is 4. The molecule has 5 heteroatoms. The Morgan fingerprint density at radius 2 is 2.11 bits per heavy atom. The van der Waals surface area contributed by atoms with Gasteiger partial charge in [0.05, 0.1) is 11.8 Å². The van der Waals surface area contributed by atoms with Crippen molar-refractivity contribution in [2.24, 2.45) is 0 Å². The topological polar surface area (TPSA) is 70.1 Å². The molecule has 5 nitrogen and oxygen atoms in total. The van der Waals surface area contributed by atoms with E-state index in [1.165, 1.54) is 0 Å². The molecule has 1 heterocycles. The number of benzene rings is 1. The van der Waals surface area contributed by atoms with Gasteiger partial charge < -0.3 is 10.5 Å². The van der Waals surface area contributed by atoms with E-state index in [1.54, 1.807) is 35.1 Å². The molecule has 0 bridgehead atoms. The van der Waals surface area contributed by atoms with Gasteiger partial charge in [0.1, 0.15) is 6.61 Å². The number of carbonyl (C=O) groups excluding carboxylic acids is 1. The maximum Gasteiger partial charge on any atom is 0.338 e. The number of nitrogens with two attached hydrogens (primary N) is 1. The first-order chi connectivity index (χ1) is 8.69. The number of aromatic nitrogens is 2. The number of esters is 1. The molecule has 0 aliphatic rings. The summed E-state index contributed by atoms with van der Waals surface area (Å²) < 4.78 is 6.96. The third kappa shape index (κ3) is 2.88. The molecule has 2 aromatic rings. The van der Waals surface area contributed by atoms with Crippen molar-refractivity contribution in [1.82, 2.24) is 9.78 Å². The summed E-state index contributed by atoms with van der Waals surface area (Å²) in [7, 11) is 0. The minimum Gasteiger partial charge on any atom is -0.457 e. The molecular formula is C13H15N3O2. The lowest BCUT2D eigenvalue weighted by atomic mass is 10.2. The number of rotatable bonds is 4. The second kappa shape index (κ2) is 5.35. The van der Waals surface area contributed by atoms with E-state index in [0.29, 0.717) is 11.3 Å². The second-order valence-corrected chi connectivity index (χ2v) is 3.90. The summed E-state index contributed by atoms with van der Waals surface area (Å²) in [4.78, 5) is 11.7. The summed E-state index contributed by atoms with van der Waals surface area (Å²) in [6, 6.07) is 6.64. The molecule has 2 N–H and O–H groups in total. The molecule has 2 rings (SSSR count). The molecule has 1 aromatic heterocycles. The fourth-order valence-corrected chi connectivity index (χ4v) is 1.51. The van der Waals surface area contributed by atoms with Crippen LogP contribution in [0.5, 0.6) is 0 Å². The Labute approximate surface area is 105 Å². The van der Waals surface area contributed by atoms with Crippen LogP contribution >= 0.6 is 0 Å². The largest absolute Gasteiger partial charge is 0.457 e. The van der Waals surface area contributed by atoms with Crippen molar-refractivity contribution in [3.8, 4) is 0 Å². The van der Waals surface area contributed by atoms with Crippen LogP contribution in [0, 0.1) is 0 Å². The summed E-state index contributed by atoms with van der Waals surface area (Å²) in [6.45, 7) is 3.02. The highest BCUT2D eigenvalue weighted by atomic mass is 16.5. The zero-order valence-electron chi connectivity index (χ0n) is 10.2. The van der Waals surface area contributed by atoms with E-state index in [9.17, 15) is 4.79 Å². The van der Waals surface area contributed by atoms with Crippen LogP contribution in [0.15, 0.2) is 36.7 Å². The van der Waals surface area contributed by atoms with Gasteiger partial charge in [-0.05, 0) is 31.2 Å². The molecule has 0 saturated carbocycles. The number of ether oxygens (including phenoxy) is 1. The fraction of sp³-hybridized carbons (Fsp3) is 0.231. The van der Waals surface area contributed by atoms with Crippen molar-refractivity contribution in [3.05, 3.63) is 47.8 Å². The predicted molar refractivity (Wildman–Crippen MR) is 67.9 cm³/mol. The molecule has 94 valence electrons. The number of aryl methyl sites for hydroxylation is 1. The molecule has 0 unspecified atom stereocenters. The zero-order valence-corrected chi connectivity index (χ0v) is 10.2. The lowest BCUT2D eigenvalue weighted by Crippen LogP contribution is -2.05. The van der Waals surface area contributed by atoms with Crippen LogP contribution in [0.3, 0.4) is 0 Å². The lowest BCUT2D eigenvalue weighted by molar-refractivity contribution is 0.0472. The minimum absolute atomic E-state index is 0.225. The predicted octanol–water partition coefficient (Wildman–Crippen LogP) is 1.84. The Bertz CT molecular complexity index is 531. The van der Waals surface area contributed by atoms with Gasteiger partial charge in [-0.3, -0.25) is 4.68 Å². The van der Waals surface area contributed by atoms with Gasteiger partial charge in [0.2, 0.25) is 0 Å². The zero-order chi connectivity index (χ0) is 13.0. The Morgan fingerprint density at radius 1 is 1.39 bits per heavy atom. The van der Waals surface area contributed by atoms with Crippen LogP contribution in [-0.4, -0.2) is 15.7 Å². The van der Waals surface area contributed by atoms with E-state index >= 15 is 0 Å². The number of anilines is 1. The molecule has 0 radical (unpaired) electrons. The van der Waals surface area contributed by atoms with Gasteiger partial charge in [-0.2, -0.15) is 5.10 Å². The first-order valence-corrected chi connectivity index (χ1v) is 5.73. The Morgan fingerprint density at radius 3 is 2.72 bits per heavy atom. The fourth-order valence-electron chi connectivity index (χ4n) is 1.51. The van der Waals surface area contributed by atoms with Gasteiger partial charge in [-0.15, -0.1) is 0 Å². The van der Waals surface area contributed by atoms with Crippen LogP contribution in [-0.2, 0) is 17.9 Å². The molecular weight excluding hydrogens is 230 g/mol. The monoisotopic (exact) mass is 245 g/mol. The van der Waals surface area contributed by atoms with Gasteiger partial charge >= 0.3 is 5.97 Å². The molecule has 0 amide bonds.